The average Bonchev–Trinajstić information content (AvgIpc) is 3.08. The average molecular weight is 626 g/mol. The van der Waals surface area contributed by atoms with Crippen molar-refractivity contribution in [2.45, 2.75) is 46.1 Å². The first-order chi connectivity index (χ1) is 21.9. The van der Waals surface area contributed by atoms with Gasteiger partial charge < -0.3 is 19.1 Å². The maximum absolute atomic E-state index is 11.7. The molecule has 1 aromatic heterocycles. The van der Waals surface area contributed by atoms with E-state index in [0.29, 0.717) is 46.1 Å². The summed E-state index contributed by atoms with van der Waals surface area (Å²) in [4.78, 5) is 18.3. The summed E-state index contributed by atoms with van der Waals surface area (Å²) in [6, 6.07) is 15.0. The molecule has 7 nitrogen and oxygen atoms in total. The van der Waals surface area contributed by atoms with Crippen molar-refractivity contribution in [1.82, 2.24) is 9.88 Å². The molecule has 1 aliphatic rings. The first kappa shape index (κ1) is 33.5. The van der Waals surface area contributed by atoms with Crippen LogP contribution in [0.4, 0.5) is 0 Å². The monoisotopic (exact) mass is 625 g/mol. The molecule has 3 aromatic rings. The summed E-state index contributed by atoms with van der Waals surface area (Å²) in [6.45, 7) is 12.5. The molecule has 0 unspecified atom stereocenters. The second-order valence-corrected chi connectivity index (χ2v) is 11.5. The minimum Gasteiger partial charge on any atom is -0.494 e. The third-order valence-corrected chi connectivity index (χ3v) is 8.06. The Morgan fingerprint density at radius 3 is 2.64 bits per heavy atom. The number of nitriles is 1. The lowest BCUT2D eigenvalue weighted by Gasteiger charge is -2.26. The van der Waals surface area contributed by atoms with Crippen LogP contribution in [0.3, 0.4) is 0 Å². The van der Waals surface area contributed by atoms with E-state index in [0.717, 1.165) is 41.0 Å². The van der Waals surface area contributed by atoms with E-state index in [2.05, 4.69) is 41.6 Å². The van der Waals surface area contributed by atoms with Crippen LogP contribution in [-0.2, 0) is 6.61 Å². The largest absolute Gasteiger partial charge is 0.494 e. The van der Waals surface area contributed by atoms with Crippen molar-refractivity contribution in [1.29, 1.82) is 5.26 Å². The highest BCUT2D eigenvalue weighted by atomic mass is 35.5. The Kier molecular flexibility index (Phi) is 12.8. The van der Waals surface area contributed by atoms with Gasteiger partial charge in [-0.25, -0.2) is 0 Å². The van der Waals surface area contributed by atoms with Gasteiger partial charge >= 0.3 is 0 Å². The Bertz CT molecular complexity index is 1580. The van der Waals surface area contributed by atoms with E-state index in [-0.39, 0.29) is 13.2 Å². The van der Waals surface area contributed by atoms with Gasteiger partial charge in [0.1, 0.15) is 36.5 Å². The molecular weight excluding hydrogens is 586 g/mol. The Labute approximate surface area is 271 Å². The van der Waals surface area contributed by atoms with Crippen LogP contribution in [0.5, 0.6) is 17.2 Å². The number of halogens is 1. The number of piperidine rings is 1. The van der Waals surface area contributed by atoms with Crippen molar-refractivity contribution in [3.05, 3.63) is 112 Å². The van der Waals surface area contributed by atoms with Crippen LogP contribution >= 0.6 is 11.6 Å². The molecule has 1 aliphatic heterocycles. The molecular formula is C37H40ClN3O4. The smallest absolute Gasteiger partial charge is 0.153 e. The molecule has 2 heterocycles. The zero-order valence-electron chi connectivity index (χ0n) is 26.1. The molecule has 1 fully saturated rings. The number of likely N-dealkylation sites (tertiary alicyclic amines) is 1. The van der Waals surface area contributed by atoms with Crippen LogP contribution in [0, 0.1) is 11.3 Å². The number of carbonyl (C=O) groups excluding carboxylic acids is 1. The van der Waals surface area contributed by atoms with E-state index in [9.17, 15) is 4.79 Å². The molecule has 0 spiro atoms. The number of benzene rings is 2. The number of carbonyl (C=O) groups is 1. The number of hydrogen-bond acceptors (Lipinski definition) is 7. The number of pyridine rings is 1. The van der Waals surface area contributed by atoms with Crippen LogP contribution < -0.4 is 14.2 Å². The van der Waals surface area contributed by atoms with Gasteiger partial charge in [0.15, 0.2) is 6.29 Å². The number of aldehydes is 1. The summed E-state index contributed by atoms with van der Waals surface area (Å²) in [6.07, 6.45) is 12.5. The van der Waals surface area contributed by atoms with Crippen LogP contribution in [0.2, 0.25) is 5.02 Å². The first-order valence-electron chi connectivity index (χ1n) is 15.2. The Balaban J connectivity index is 1.42. The maximum Gasteiger partial charge on any atom is 0.153 e. The van der Waals surface area contributed by atoms with E-state index >= 15 is 0 Å². The molecule has 0 N–H and O–H groups in total. The van der Waals surface area contributed by atoms with Gasteiger partial charge in [-0.2, -0.15) is 5.26 Å². The van der Waals surface area contributed by atoms with Crippen molar-refractivity contribution < 1.29 is 19.0 Å². The van der Waals surface area contributed by atoms with Gasteiger partial charge in [-0.1, -0.05) is 48.9 Å². The second kappa shape index (κ2) is 17.2. The quantitative estimate of drug-likeness (QED) is 0.0955. The first-order valence-corrected chi connectivity index (χ1v) is 15.6. The third-order valence-electron chi connectivity index (χ3n) is 7.76. The lowest BCUT2D eigenvalue weighted by molar-refractivity contribution is 0.111. The zero-order chi connectivity index (χ0) is 32.0. The second-order valence-electron chi connectivity index (χ2n) is 11.1. The molecule has 234 valence electrons. The Morgan fingerprint density at radius 2 is 1.89 bits per heavy atom. The van der Waals surface area contributed by atoms with E-state index in [4.69, 9.17) is 31.1 Å². The van der Waals surface area contributed by atoms with Crippen LogP contribution in [-0.4, -0.2) is 49.0 Å². The van der Waals surface area contributed by atoms with Crippen molar-refractivity contribution in [2.75, 3.05) is 32.8 Å². The Hall–Kier alpha value is -4.38. The summed E-state index contributed by atoms with van der Waals surface area (Å²) >= 11 is 6.48. The summed E-state index contributed by atoms with van der Waals surface area (Å²) in [5, 5.41) is 9.43. The molecule has 2 aromatic carbocycles. The van der Waals surface area contributed by atoms with Crippen molar-refractivity contribution >= 4 is 23.5 Å². The Morgan fingerprint density at radius 1 is 1.07 bits per heavy atom. The van der Waals surface area contributed by atoms with Gasteiger partial charge in [0.2, 0.25) is 0 Å². The predicted octanol–water partition coefficient (Wildman–Crippen LogP) is 8.24. The summed E-state index contributed by atoms with van der Waals surface area (Å²) in [5.74, 6) is 1.56. The van der Waals surface area contributed by atoms with Crippen LogP contribution in [0.15, 0.2) is 84.7 Å². The SMILES string of the molecule is C=C/C=C(\C(C)=C(/C)COc1cc(OCc2cncc(C#N)c2)c(C=O)cc1Cl)c1cccc(OCCCN2CCCCC2)c1. The minimum atomic E-state index is 0.124. The molecule has 0 amide bonds. The number of ether oxygens (including phenoxy) is 3. The normalized spacial score (nSPS) is 14.2. The van der Waals surface area contributed by atoms with Crippen molar-refractivity contribution in [2.24, 2.45) is 0 Å². The standard InChI is InChI=1S/C37H40ClN3O4/c1-4-10-34(31-11-8-12-33(18-31)43-16-9-15-41-13-6-5-7-14-41)28(3)27(2)25-44-37-20-36(32(24-42)19-35(37)38)45-26-30-17-29(21-39)22-40-23-30/h4,8,10-12,17-20,22-24H,1,5-7,9,13-16,25-26H2,2-3H3/b28-27+,34-10+. The fraction of sp³-hybridized carbons (Fsp3) is 0.324. The summed E-state index contributed by atoms with van der Waals surface area (Å²) in [7, 11) is 0. The molecule has 8 heteroatoms. The summed E-state index contributed by atoms with van der Waals surface area (Å²) in [5.41, 5.74) is 5.50. The number of hydrogen-bond donors (Lipinski definition) is 0. The van der Waals surface area contributed by atoms with Gasteiger partial charge in [-0.15, -0.1) is 0 Å². The third kappa shape index (κ3) is 9.81. The lowest BCUT2D eigenvalue weighted by Crippen LogP contribution is -2.31. The van der Waals surface area contributed by atoms with Crippen LogP contribution in [0.25, 0.3) is 5.57 Å². The zero-order valence-corrected chi connectivity index (χ0v) is 26.8. The molecule has 45 heavy (non-hydrogen) atoms. The number of allylic oxidation sites excluding steroid dienone is 4. The predicted molar refractivity (Wildman–Crippen MR) is 179 cm³/mol. The highest BCUT2D eigenvalue weighted by molar-refractivity contribution is 6.32. The van der Waals surface area contributed by atoms with Gasteiger partial charge in [0, 0.05) is 30.6 Å². The van der Waals surface area contributed by atoms with Crippen molar-refractivity contribution in [3.63, 3.8) is 0 Å². The number of aromatic nitrogens is 1. The molecule has 0 aliphatic carbocycles. The maximum atomic E-state index is 11.7. The van der Waals surface area contributed by atoms with E-state index in [1.165, 1.54) is 44.6 Å². The molecule has 0 radical (unpaired) electrons. The highest BCUT2D eigenvalue weighted by Gasteiger charge is 2.14. The van der Waals surface area contributed by atoms with Crippen LogP contribution in [0.1, 0.15) is 66.6 Å². The topological polar surface area (TPSA) is 84.7 Å². The fourth-order valence-electron chi connectivity index (χ4n) is 5.16. The van der Waals surface area contributed by atoms with E-state index in [1.807, 2.05) is 25.1 Å². The van der Waals surface area contributed by atoms with Gasteiger partial charge in [-0.05, 0) is 92.7 Å². The highest BCUT2D eigenvalue weighted by Crippen LogP contribution is 2.34. The molecule has 0 bridgehead atoms. The molecule has 0 atom stereocenters. The minimum absolute atomic E-state index is 0.124. The van der Waals surface area contributed by atoms with Gasteiger partial charge in [-0.3, -0.25) is 9.78 Å². The lowest BCUT2D eigenvalue weighted by atomic mass is 9.95. The van der Waals surface area contributed by atoms with E-state index < -0.39 is 0 Å². The van der Waals surface area contributed by atoms with Gasteiger partial charge in [0.05, 0.1) is 22.8 Å². The molecule has 4 rings (SSSR count). The molecule has 0 saturated carbocycles. The van der Waals surface area contributed by atoms with Crippen molar-refractivity contribution in [3.8, 4) is 23.3 Å². The van der Waals surface area contributed by atoms with E-state index in [1.54, 1.807) is 24.4 Å². The van der Waals surface area contributed by atoms with Gasteiger partial charge in [0.25, 0.3) is 0 Å². The number of rotatable bonds is 15. The fourth-order valence-corrected chi connectivity index (χ4v) is 5.39. The summed E-state index contributed by atoms with van der Waals surface area (Å²) < 4.78 is 18.2. The number of nitrogens with zero attached hydrogens (tertiary/aromatic N) is 3. The molecule has 1 saturated heterocycles.